The van der Waals surface area contributed by atoms with E-state index in [1.807, 2.05) is 48.8 Å². The normalized spacial score (nSPS) is 13.9. The highest BCUT2D eigenvalue weighted by Crippen LogP contribution is 2.37. The van der Waals surface area contributed by atoms with E-state index in [0.717, 1.165) is 44.4 Å². The lowest BCUT2D eigenvalue weighted by atomic mass is 9.90. The molecule has 1 aromatic heterocycles. The van der Waals surface area contributed by atoms with Gasteiger partial charge in [-0.05, 0) is 29.8 Å². The zero-order chi connectivity index (χ0) is 23.6. The van der Waals surface area contributed by atoms with Crippen molar-refractivity contribution in [2.24, 2.45) is 0 Å². The molecule has 166 valence electrons. The molecule has 5 rings (SSSR count). The van der Waals surface area contributed by atoms with Crippen LogP contribution in [0.15, 0.2) is 79.0 Å². The van der Waals surface area contributed by atoms with Crippen molar-refractivity contribution in [2.75, 3.05) is 6.26 Å². The van der Waals surface area contributed by atoms with Crippen molar-refractivity contribution in [1.29, 1.82) is 0 Å². The SMILES string of the molecule is CS(=O)(=O)[O-].O=C(O)c1ccc(C(=C2C=[NH+]c3ccccc32)c2c[nH]c3ccccc23)cc1. The second-order valence-electron chi connectivity index (χ2n) is 7.46. The number of carbonyl (C=O) groups is 1. The zero-order valence-electron chi connectivity index (χ0n) is 17.6. The maximum atomic E-state index is 11.3. The fourth-order valence-electron chi connectivity index (χ4n) is 3.79. The number of hydrogen-bond acceptors (Lipinski definition) is 4. The highest BCUT2D eigenvalue weighted by atomic mass is 32.2. The summed E-state index contributed by atoms with van der Waals surface area (Å²) in [4.78, 5) is 18.0. The molecule has 0 bridgehead atoms. The Bertz CT molecular complexity index is 1510. The molecular formula is C25H20N2O5S. The molecule has 0 spiro atoms. The predicted octanol–water partition coefficient (Wildman–Crippen LogP) is 2.78. The van der Waals surface area contributed by atoms with Crippen LogP contribution in [-0.2, 0) is 10.1 Å². The van der Waals surface area contributed by atoms with Gasteiger partial charge in [0.05, 0.1) is 26.8 Å². The van der Waals surface area contributed by atoms with Crippen molar-refractivity contribution in [3.05, 3.63) is 101 Å². The van der Waals surface area contributed by atoms with Gasteiger partial charge in [0.15, 0.2) is 6.21 Å². The standard InChI is InChI=1S/C24H16N2O2.CH4O3S/c27-24(28)16-11-9-15(10-12-16)23(19-13-25-21-7-3-1-5-17(19)21)20-14-26-22-8-4-2-6-18(20)22;1-5(2,3)4/h1-14,25H,(H,27,28);1H3,(H,2,3,4). The number of benzene rings is 3. The van der Waals surface area contributed by atoms with E-state index in [1.165, 1.54) is 0 Å². The van der Waals surface area contributed by atoms with E-state index in [-0.39, 0.29) is 5.56 Å². The van der Waals surface area contributed by atoms with Gasteiger partial charge in [-0.15, -0.1) is 0 Å². The summed E-state index contributed by atoms with van der Waals surface area (Å²) in [5.41, 5.74) is 7.75. The van der Waals surface area contributed by atoms with Crippen LogP contribution in [0.25, 0.3) is 22.0 Å². The van der Waals surface area contributed by atoms with E-state index in [1.54, 1.807) is 12.1 Å². The summed E-state index contributed by atoms with van der Waals surface area (Å²) in [6, 6.07) is 23.4. The number of carboxylic acids is 1. The van der Waals surface area contributed by atoms with Crippen LogP contribution in [0.5, 0.6) is 0 Å². The molecule has 3 aromatic carbocycles. The molecule has 3 N–H and O–H groups in total. The Kier molecular flexibility index (Phi) is 5.95. The summed E-state index contributed by atoms with van der Waals surface area (Å²) >= 11 is 0. The van der Waals surface area contributed by atoms with Crippen molar-refractivity contribution in [1.82, 2.24) is 4.98 Å². The molecule has 0 radical (unpaired) electrons. The molecule has 2 heterocycles. The van der Waals surface area contributed by atoms with Crippen LogP contribution in [0.1, 0.15) is 27.0 Å². The Morgan fingerprint density at radius 3 is 2.24 bits per heavy atom. The van der Waals surface area contributed by atoms with Crippen LogP contribution in [0.3, 0.4) is 0 Å². The lowest BCUT2D eigenvalue weighted by molar-refractivity contribution is -0.342. The minimum absolute atomic E-state index is 0.279. The molecule has 1 aliphatic rings. The summed E-state index contributed by atoms with van der Waals surface area (Å²) in [7, 11) is -3.92. The Labute approximate surface area is 190 Å². The Morgan fingerprint density at radius 2 is 1.55 bits per heavy atom. The number of para-hydroxylation sites is 2. The molecule has 8 heteroatoms. The summed E-state index contributed by atoms with van der Waals surface area (Å²) in [6.45, 7) is 0. The number of aromatic nitrogens is 1. The van der Waals surface area contributed by atoms with E-state index < -0.39 is 16.1 Å². The fourth-order valence-corrected chi connectivity index (χ4v) is 3.79. The van der Waals surface area contributed by atoms with Gasteiger partial charge >= 0.3 is 5.97 Å². The molecule has 33 heavy (non-hydrogen) atoms. The average molecular weight is 461 g/mol. The maximum Gasteiger partial charge on any atom is 0.335 e. The van der Waals surface area contributed by atoms with Crippen LogP contribution < -0.4 is 4.99 Å². The van der Waals surface area contributed by atoms with Crippen molar-refractivity contribution in [3.8, 4) is 0 Å². The van der Waals surface area contributed by atoms with Gasteiger partial charge in [-0.25, -0.2) is 18.2 Å². The molecule has 0 aliphatic carbocycles. The summed E-state index contributed by atoms with van der Waals surface area (Å²) in [5.74, 6) is -0.924. The molecule has 0 fully saturated rings. The van der Waals surface area contributed by atoms with Gasteiger partial charge in [0.2, 0.25) is 5.69 Å². The third kappa shape index (κ3) is 4.92. The molecule has 7 nitrogen and oxygen atoms in total. The third-order valence-corrected chi connectivity index (χ3v) is 5.14. The molecule has 0 atom stereocenters. The minimum atomic E-state index is -3.92. The molecule has 0 unspecified atom stereocenters. The summed E-state index contributed by atoms with van der Waals surface area (Å²) < 4.78 is 27.2. The molecule has 4 aromatic rings. The Morgan fingerprint density at radius 1 is 0.939 bits per heavy atom. The van der Waals surface area contributed by atoms with Crippen molar-refractivity contribution in [2.45, 2.75) is 0 Å². The zero-order valence-corrected chi connectivity index (χ0v) is 18.4. The highest BCUT2D eigenvalue weighted by Gasteiger charge is 2.24. The molecule has 0 saturated carbocycles. The lowest BCUT2D eigenvalue weighted by Crippen LogP contribution is -2.58. The predicted molar refractivity (Wildman–Crippen MR) is 126 cm³/mol. The lowest BCUT2D eigenvalue weighted by Gasteiger charge is -2.11. The fraction of sp³-hybridized carbons (Fsp3) is 0.0400. The third-order valence-electron chi connectivity index (χ3n) is 5.14. The van der Waals surface area contributed by atoms with Crippen LogP contribution in [-0.4, -0.2) is 41.5 Å². The number of aromatic amines is 1. The Hall–Kier alpha value is -4.01. The quantitative estimate of drug-likeness (QED) is 0.406. The van der Waals surface area contributed by atoms with Crippen molar-refractivity contribution >= 4 is 50.0 Å². The van der Waals surface area contributed by atoms with Crippen molar-refractivity contribution in [3.63, 3.8) is 0 Å². The smallest absolute Gasteiger partial charge is 0.335 e. The van der Waals surface area contributed by atoms with Crippen molar-refractivity contribution < 1.29 is 27.9 Å². The summed E-state index contributed by atoms with van der Waals surface area (Å²) in [6.07, 6.45) is 4.65. The van der Waals surface area contributed by atoms with Crippen LogP contribution >= 0.6 is 0 Å². The van der Waals surface area contributed by atoms with Gasteiger partial charge in [-0.3, -0.25) is 0 Å². The second kappa shape index (κ2) is 8.85. The Balaban J connectivity index is 0.000000471. The number of hydrogen-bond donors (Lipinski definition) is 3. The first kappa shape index (κ1) is 22.2. The first-order valence-electron chi connectivity index (χ1n) is 9.97. The number of aromatic carboxylic acids is 1. The van der Waals surface area contributed by atoms with Gasteiger partial charge in [0.1, 0.15) is 0 Å². The van der Waals surface area contributed by atoms with Gasteiger partial charge in [0, 0.05) is 40.6 Å². The average Bonchev–Trinajstić information content (AvgIpc) is 3.39. The number of allylic oxidation sites excluding steroid dienone is 1. The van der Waals surface area contributed by atoms with E-state index in [4.69, 9.17) is 13.0 Å². The first-order valence-corrected chi connectivity index (χ1v) is 11.8. The molecular weight excluding hydrogens is 440 g/mol. The van der Waals surface area contributed by atoms with E-state index >= 15 is 0 Å². The van der Waals surface area contributed by atoms with Gasteiger partial charge in [-0.1, -0.05) is 42.5 Å². The monoisotopic (exact) mass is 460 g/mol. The second-order valence-corrected chi connectivity index (χ2v) is 8.87. The molecule has 1 aliphatic heterocycles. The van der Waals surface area contributed by atoms with E-state index in [2.05, 4.69) is 34.2 Å². The number of H-pyrrole nitrogens is 1. The molecule has 0 amide bonds. The number of nitrogens with one attached hydrogen (secondary N) is 2. The first-order chi connectivity index (χ1) is 15.7. The summed E-state index contributed by atoms with van der Waals surface area (Å²) in [5, 5.41) is 10.4. The topological polar surface area (TPSA) is 124 Å². The van der Waals surface area contributed by atoms with Gasteiger partial charge in [0.25, 0.3) is 0 Å². The van der Waals surface area contributed by atoms with Gasteiger partial charge in [-0.2, -0.15) is 0 Å². The van der Waals surface area contributed by atoms with E-state index in [9.17, 15) is 9.90 Å². The maximum absolute atomic E-state index is 11.3. The number of carboxylic acid groups (broad SMARTS) is 1. The van der Waals surface area contributed by atoms with E-state index in [0.29, 0.717) is 6.26 Å². The largest absolute Gasteiger partial charge is 0.748 e. The van der Waals surface area contributed by atoms with Crippen LogP contribution in [0.4, 0.5) is 5.69 Å². The van der Waals surface area contributed by atoms with Gasteiger partial charge < -0.3 is 14.6 Å². The minimum Gasteiger partial charge on any atom is -0.748 e. The number of fused-ring (bicyclic) bond motifs is 2. The highest BCUT2D eigenvalue weighted by molar-refractivity contribution is 7.84. The van der Waals surface area contributed by atoms with Crippen LogP contribution in [0, 0.1) is 0 Å². The number of rotatable bonds is 3. The molecule has 0 saturated heterocycles. The van der Waals surface area contributed by atoms with Crippen LogP contribution in [0.2, 0.25) is 0 Å².